The van der Waals surface area contributed by atoms with Crippen LogP contribution in [0.4, 0.5) is 16.3 Å². The second-order valence-electron chi connectivity index (χ2n) is 10.2. The average Bonchev–Trinajstić information content (AvgIpc) is 3.68. The second-order valence-corrected chi connectivity index (χ2v) is 11.3. The maximum atomic E-state index is 12.4. The van der Waals surface area contributed by atoms with Crippen molar-refractivity contribution in [2.24, 2.45) is 0 Å². The Hall–Kier alpha value is -4.76. The van der Waals surface area contributed by atoms with Crippen molar-refractivity contribution < 1.29 is 19.0 Å². The minimum Gasteiger partial charge on any atom is -0.445 e. The van der Waals surface area contributed by atoms with E-state index in [-0.39, 0.29) is 18.2 Å². The molecule has 2 aliphatic rings. The van der Waals surface area contributed by atoms with Crippen LogP contribution >= 0.6 is 11.3 Å². The van der Waals surface area contributed by atoms with Crippen LogP contribution in [-0.4, -0.2) is 70.9 Å². The van der Waals surface area contributed by atoms with E-state index in [1.165, 1.54) is 0 Å². The summed E-state index contributed by atoms with van der Waals surface area (Å²) in [5.74, 6) is 8.58. The summed E-state index contributed by atoms with van der Waals surface area (Å²) in [5, 5.41) is 8.82. The number of anilines is 2. The van der Waals surface area contributed by atoms with Gasteiger partial charge in [0, 0.05) is 49.4 Å². The molecule has 0 bridgehead atoms. The number of hydrogen-bond donors (Lipinski definition) is 2. The monoisotopic (exact) mass is 592 g/mol. The number of nitrogens with one attached hydrogen (secondary N) is 2. The van der Waals surface area contributed by atoms with E-state index >= 15 is 0 Å². The highest BCUT2D eigenvalue weighted by Gasteiger charge is 2.28. The van der Waals surface area contributed by atoms with Gasteiger partial charge in [-0.25, -0.2) is 19.7 Å². The Labute approximate surface area is 252 Å². The summed E-state index contributed by atoms with van der Waals surface area (Å²) >= 11 is 1.54. The maximum Gasteiger partial charge on any atom is 0.410 e. The summed E-state index contributed by atoms with van der Waals surface area (Å²) in [6.45, 7) is 2.82. The van der Waals surface area contributed by atoms with Crippen molar-refractivity contribution in [2.75, 3.05) is 38.2 Å². The standard InChI is InChI=1S/C32H28N6O4S/c39-32(38-12-14-40-15-13-38)41-24-17-22(34-19-24)7-9-25-18-27-30(43-25)31(36-20-35-27)37-23-8-10-26-21(16-23)4-3-5-28(26)42-29-6-1-2-11-33-29/h1-6,8,10-11,16,18,20,22,24,34H,12-15,17,19H2,(H,35,36,37). The molecule has 5 heterocycles. The van der Waals surface area contributed by atoms with Crippen LogP contribution in [0.3, 0.4) is 0 Å². The van der Waals surface area contributed by atoms with Crippen molar-refractivity contribution >= 4 is 49.9 Å². The predicted molar refractivity (Wildman–Crippen MR) is 165 cm³/mol. The van der Waals surface area contributed by atoms with Crippen LogP contribution < -0.4 is 15.4 Å². The molecular weight excluding hydrogens is 564 g/mol. The summed E-state index contributed by atoms with van der Waals surface area (Å²) in [7, 11) is 0. The lowest BCUT2D eigenvalue weighted by Crippen LogP contribution is -2.42. The second kappa shape index (κ2) is 12.2. The Morgan fingerprint density at radius 3 is 2.88 bits per heavy atom. The molecule has 2 unspecified atom stereocenters. The van der Waals surface area contributed by atoms with E-state index in [0.29, 0.717) is 45.1 Å². The molecule has 2 aliphatic heterocycles. The fourth-order valence-corrected chi connectivity index (χ4v) is 6.02. The quantitative estimate of drug-likeness (QED) is 0.262. The van der Waals surface area contributed by atoms with E-state index in [1.807, 2.05) is 54.6 Å². The van der Waals surface area contributed by atoms with Gasteiger partial charge in [-0.2, -0.15) is 0 Å². The average molecular weight is 593 g/mol. The van der Waals surface area contributed by atoms with Gasteiger partial charge < -0.3 is 24.4 Å². The lowest BCUT2D eigenvalue weighted by Gasteiger charge is -2.27. The van der Waals surface area contributed by atoms with Crippen molar-refractivity contribution in [2.45, 2.75) is 18.6 Å². The molecule has 0 saturated carbocycles. The van der Waals surface area contributed by atoms with Crippen LogP contribution in [0.2, 0.25) is 0 Å². The third-order valence-corrected chi connectivity index (χ3v) is 8.31. The lowest BCUT2D eigenvalue weighted by molar-refractivity contribution is 0.0156. The van der Waals surface area contributed by atoms with Gasteiger partial charge in [-0.15, -0.1) is 11.3 Å². The molecule has 5 aromatic rings. The van der Waals surface area contributed by atoms with Gasteiger partial charge in [0.25, 0.3) is 0 Å². The highest BCUT2D eigenvalue weighted by molar-refractivity contribution is 7.20. The van der Waals surface area contributed by atoms with Gasteiger partial charge in [-0.3, -0.25) is 5.32 Å². The van der Waals surface area contributed by atoms with E-state index in [1.54, 1.807) is 28.8 Å². The number of amides is 1. The minimum absolute atomic E-state index is 0.0551. The van der Waals surface area contributed by atoms with Gasteiger partial charge in [-0.1, -0.05) is 30.0 Å². The van der Waals surface area contributed by atoms with Crippen molar-refractivity contribution in [3.63, 3.8) is 0 Å². The van der Waals surface area contributed by atoms with Gasteiger partial charge >= 0.3 is 6.09 Å². The first-order valence-electron chi connectivity index (χ1n) is 14.1. The van der Waals surface area contributed by atoms with E-state index in [2.05, 4.69) is 43.5 Å². The topological polar surface area (TPSA) is 111 Å². The van der Waals surface area contributed by atoms with Crippen molar-refractivity contribution in [3.8, 4) is 23.5 Å². The Morgan fingerprint density at radius 2 is 2.00 bits per heavy atom. The first kappa shape index (κ1) is 27.1. The van der Waals surface area contributed by atoms with E-state index in [9.17, 15) is 4.79 Å². The molecule has 43 heavy (non-hydrogen) atoms. The number of ether oxygens (including phenoxy) is 3. The zero-order valence-corrected chi connectivity index (χ0v) is 24.0. The Balaban J connectivity index is 1.03. The number of morpholine rings is 1. The number of fused-ring (bicyclic) bond motifs is 2. The van der Waals surface area contributed by atoms with Crippen LogP contribution in [0.15, 0.2) is 73.2 Å². The van der Waals surface area contributed by atoms with Crippen LogP contribution in [0.25, 0.3) is 21.0 Å². The first-order valence-corrected chi connectivity index (χ1v) is 14.9. The van der Waals surface area contributed by atoms with Gasteiger partial charge in [0.05, 0.1) is 34.3 Å². The third kappa shape index (κ3) is 6.22. The predicted octanol–water partition coefficient (Wildman–Crippen LogP) is 5.33. The van der Waals surface area contributed by atoms with E-state index in [4.69, 9.17) is 14.2 Å². The van der Waals surface area contributed by atoms with Gasteiger partial charge in [0.2, 0.25) is 5.88 Å². The zero-order valence-electron chi connectivity index (χ0n) is 23.2. The van der Waals surface area contributed by atoms with E-state index in [0.717, 1.165) is 43.1 Å². The Bertz CT molecular complexity index is 1830. The van der Waals surface area contributed by atoms with E-state index < -0.39 is 0 Å². The largest absolute Gasteiger partial charge is 0.445 e. The molecule has 2 N–H and O–H groups in total. The number of nitrogens with zero attached hydrogens (tertiary/aromatic N) is 4. The molecule has 0 aliphatic carbocycles. The van der Waals surface area contributed by atoms with Gasteiger partial charge in [0.15, 0.2) is 5.82 Å². The van der Waals surface area contributed by atoms with Gasteiger partial charge in [0.1, 0.15) is 18.2 Å². The highest BCUT2D eigenvalue weighted by atomic mass is 32.1. The number of hydrogen-bond acceptors (Lipinski definition) is 10. The molecular formula is C32H28N6O4S. The third-order valence-electron chi connectivity index (χ3n) is 7.26. The number of pyridine rings is 1. The number of aromatic nitrogens is 3. The Morgan fingerprint density at radius 1 is 1.07 bits per heavy atom. The smallest absolute Gasteiger partial charge is 0.410 e. The molecule has 2 aromatic carbocycles. The lowest BCUT2D eigenvalue weighted by atomic mass is 10.1. The zero-order chi connectivity index (χ0) is 29.0. The SMILES string of the molecule is O=C(OC1CNC(C#Cc2cc3ncnc(Nc4ccc5c(Oc6ccccn6)cccc5c4)c3s2)C1)N1CCOCC1. The number of rotatable bonds is 5. The number of thiophene rings is 1. The van der Waals surface area contributed by atoms with Gasteiger partial charge in [-0.05, 0) is 41.8 Å². The molecule has 2 saturated heterocycles. The van der Waals surface area contributed by atoms with Crippen molar-refractivity contribution in [1.29, 1.82) is 0 Å². The van der Waals surface area contributed by atoms with Crippen LogP contribution in [0, 0.1) is 11.8 Å². The molecule has 10 nitrogen and oxygen atoms in total. The number of carbonyl (C=O) groups is 1. The minimum atomic E-state index is -0.281. The fourth-order valence-electron chi connectivity index (χ4n) is 5.11. The summed E-state index contributed by atoms with van der Waals surface area (Å²) in [4.78, 5) is 28.2. The molecule has 2 fully saturated rings. The summed E-state index contributed by atoms with van der Waals surface area (Å²) < 4.78 is 17.9. The van der Waals surface area contributed by atoms with Crippen LogP contribution in [0.1, 0.15) is 11.3 Å². The molecule has 3 aromatic heterocycles. The molecule has 0 spiro atoms. The summed E-state index contributed by atoms with van der Waals surface area (Å²) in [6.07, 6.45) is 3.44. The highest BCUT2D eigenvalue weighted by Crippen LogP contribution is 2.34. The molecule has 0 radical (unpaired) electrons. The summed E-state index contributed by atoms with van der Waals surface area (Å²) in [5.41, 5.74) is 1.73. The van der Waals surface area contributed by atoms with Crippen LogP contribution in [0.5, 0.6) is 11.6 Å². The van der Waals surface area contributed by atoms with Crippen molar-refractivity contribution in [1.82, 2.24) is 25.2 Å². The number of carbonyl (C=O) groups excluding carboxylic acids is 1. The fraction of sp³-hybridized carbons (Fsp3) is 0.250. The number of benzene rings is 2. The molecule has 1 amide bonds. The van der Waals surface area contributed by atoms with Crippen molar-refractivity contribution in [3.05, 3.63) is 78.1 Å². The normalized spacial score (nSPS) is 18.3. The maximum absolute atomic E-state index is 12.4. The first-order chi connectivity index (χ1) is 21.2. The molecule has 7 rings (SSSR count). The Kier molecular flexibility index (Phi) is 7.71. The molecule has 2 atom stereocenters. The van der Waals surface area contributed by atoms with Crippen LogP contribution in [-0.2, 0) is 9.47 Å². The molecule has 11 heteroatoms. The molecule has 216 valence electrons. The summed E-state index contributed by atoms with van der Waals surface area (Å²) in [6, 6.07) is 19.6.